The molecule has 1 saturated carbocycles. The highest BCUT2D eigenvalue weighted by atomic mass is 35.5. The van der Waals surface area contributed by atoms with Crippen LogP contribution in [0, 0.1) is 18.8 Å². The van der Waals surface area contributed by atoms with Gasteiger partial charge in [0, 0.05) is 12.5 Å². The number of hydrogen-bond acceptors (Lipinski definition) is 3. The van der Waals surface area contributed by atoms with E-state index in [1.807, 2.05) is 13.0 Å². The third kappa shape index (κ3) is 2.62. The maximum Gasteiger partial charge on any atom is 0.141 e. The van der Waals surface area contributed by atoms with Crippen LogP contribution >= 0.6 is 11.6 Å². The van der Waals surface area contributed by atoms with Gasteiger partial charge in [-0.15, -0.1) is 0 Å². The molecule has 1 N–H and O–H groups in total. The van der Waals surface area contributed by atoms with Gasteiger partial charge >= 0.3 is 0 Å². The highest BCUT2D eigenvalue weighted by Crippen LogP contribution is 2.40. The third-order valence-corrected chi connectivity index (χ3v) is 4.13. The van der Waals surface area contributed by atoms with Gasteiger partial charge in [0.05, 0.1) is 5.69 Å². The standard InChI is InChI=1S/C14H19ClN2O/c1-9-12(4-5-13(15)17-9)18-14(10-2-3-10)11-6-7-16-8-11/h4-5,10-11,14,16H,2-3,6-8H2,1H3. The van der Waals surface area contributed by atoms with Crippen LogP contribution in [-0.4, -0.2) is 24.2 Å². The average molecular weight is 267 g/mol. The molecule has 98 valence electrons. The summed E-state index contributed by atoms with van der Waals surface area (Å²) in [5.41, 5.74) is 0.888. The first-order valence-electron chi connectivity index (χ1n) is 6.74. The van der Waals surface area contributed by atoms with Crippen molar-refractivity contribution in [1.82, 2.24) is 10.3 Å². The number of halogens is 1. The fourth-order valence-corrected chi connectivity index (χ4v) is 2.94. The summed E-state index contributed by atoms with van der Waals surface area (Å²) >= 11 is 5.88. The normalized spacial score (nSPS) is 25.1. The summed E-state index contributed by atoms with van der Waals surface area (Å²) in [6.07, 6.45) is 4.19. The Kier molecular flexibility index (Phi) is 3.44. The Morgan fingerprint density at radius 2 is 2.17 bits per heavy atom. The van der Waals surface area contributed by atoms with Crippen LogP contribution in [0.3, 0.4) is 0 Å². The minimum absolute atomic E-state index is 0.349. The first kappa shape index (κ1) is 12.2. The molecule has 2 atom stereocenters. The smallest absolute Gasteiger partial charge is 0.141 e. The molecule has 1 saturated heterocycles. The zero-order chi connectivity index (χ0) is 12.5. The predicted octanol–water partition coefficient (Wildman–Crippen LogP) is 2.81. The highest BCUT2D eigenvalue weighted by molar-refractivity contribution is 6.29. The summed E-state index contributed by atoms with van der Waals surface area (Å²) in [6, 6.07) is 3.75. The number of ether oxygens (including phenoxy) is 1. The van der Waals surface area contributed by atoms with E-state index in [0.717, 1.165) is 30.5 Å². The van der Waals surface area contributed by atoms with Crippen LogP contribution in [0.2, 0.25) is 5.15 Å². The lowest BCUT2D eigenvalue weighted by Crippen LogP contribution is -2.31. The molecule has 1 aliphatic heterocycles. The minimum Gasteiger partial charge on any atom is -0.488 e. The molecule has 4 heteroatoms. The van der Waals surface area contributed by atoms with Gasteiger partial charge in [-0.25, -0.2) is 4.98 Å². The number of pyridine rings is 1. The van der Waals surface area contributed by atoms with E-state index in [2.05, 4.69) is 10.3 Å². The van der Waals surface area contributed by atoms with Gasteiger partial charge < -0.3 is 10.1 Å². The molecular weight excluding hydrogens is 248 g/mol. The van der Waals surface area contributed by atoms with Gasteiger partial charge in [0.15, 0.2) is 0 Å². The first-order valence-corrected chi connectivity index (χ1v) is 7.12. The molecule has 2 aliphatic rings. The monoisotopic (exact) mass is 266 g/mol. The van der Waals surface area contributed by atoms with E-state index in [1.54, 1.807) is 6.07 Å². The molecule has 3 rings (SSSR count). The number of hydrogen-bond donors (Lipinski definition) is 1. The van der Waals surface area contributed by atoms with E-state index in [4.69, 9.17) is 16.3 Å². The summed E-state index contributed by atoms with van der Waals surface area (Å²) in [5.74, 6) is 2.28. The Labute approximate surface area is 113 Å². The van der Waals surface area contributed by atoms with Crippen LogP contribution in [0.5, 0.6) is 5.75 Å². The van der Waals surface area contributed by atoms with Crippen LogP contribution in [0.1, 0.15) is 25.0 Å². The minimum atomic E-state index is 0.349. The number of nitrogens with zero attached hydrogens (tertiary/aromatic N) is 1. The predicted molar refractivity (Wildman–Crippen MR) is 72.1 cm³/mol. The van der Waals surface area contributed by atoms with Gasteiger partial charge in [0.1, 0.15) is 17.0 Å². The molecule has 0 amide bonds. The van der Waals surface area contributed by atoms with E-state index < -0.39 is 0 Å². The van der Waals surface area contributed by atoms with E-state index in [-0.39, 0.29) is 0 Å². The lowest BCUT2D eigenvalue weighted by atomic mass is 9.97. The van der Waals surface area contributed by atoms with Gasteiger partial charge in [-0.1, -0.05) is 11.6 Å². The second kappa shape index (κ2) is 5.06. The van der Waals surface area contributed by atoms with Crippen molar-refractivity contribution in [2.75, 3.05) is 13.1 Å². The lowest BCUT2D eigenvalue weighted by Gasteiger charge is -2.25. The molecule has 18 heavy (non-hydrogen) atoms. The molecule has 3 nitrogen and oxygen atoms in total. The lowest BCUT2D eigenvalue weighted by molar-refractivity contribution is 0.119. The molecule has 1 aliphatic carbocycles. The van der Waals surface area contributed by atoms with Gasteiger partial charge in [-0.05, 0) is 50.8 Å². The Balaban J connectivity index is 1.75. The third-order valence-electron chi connectivity index (χ3n) is 3.92. The second-order valence-electron chi connectivity index (χ2n) is 5.39. The van der Waals surface area contributed by atoms with E-state index in [0.29, 0.717) is 17.2 Å². The Morgan fingerprint density at radius 1 is 1.33 bits per heavy atom. The summed E-state index contributed by atoms with van der Waals surface area (Å²) in [5, 5.41) is 3.96. The Bertz CT molecular complexity index is 428. The molecule has 0 spiro atoms. The van der Waals surface area contributed by atoms with E-state index in [9.17, 15) is 0 Å². The number of aryl methyl sites for hydroxylation is 1. The summed E-state index contributed by atoms with van der Waals surface area (Å²) in [6.45, 7) is 4.16. The largest absolute Gasteiger partial charge is 0.488 e. The number of aromatic nitrogens is 1. The van der Waals surface area contributed by atoms with Crippen LogP contribution in [-0.2, 0) is 0 Å². The van der Waals surface area contributed by atoms with Gasteiger partial charge in [-0.2, -0.15) is 0 Å². The number of nitrogens with one attached hydrogen (secondary N) is 1. The fraction of sp³-hybridized carbons (Fsp3) is 0.643. The molecule has 1 aromatic rings. The maximum absolute atomic E-state index is 6.25. The van der Waals surface area contributed by atoms with Gasteiger partial charge in [0.2, 0.25) is 0 Å². The molecule has 1 aromatic heterocycles. The topological polar surface area (TPSA) is 34.1 Å². The first-order chi connectivity index (χ1) is 8.74. The highest BCUT2D eigenvalue weighted by Gasteiger charge is 2.39. The fourth-order valence-electron chi connectivity index (χ4n) is 2.75. The van der Waals surface area contributed by atoms with Crippen LogP contribution in [0.4, 0.5) is 0 Å². The second-order valence-corrected chi connectivity index (χ2v) is 5.78. The van der Waals surface area contributed by atoms with Crippen molar-refractivity contribution in [3.8, 4) is 5.75 Å². The van der Waals surface area contributed by atoms with E-state index >= 15 is 0 Å². The molecule has 2 unspecified atom stereocenters. The van der Waals surface area contributed by atoms with Crippen LogP contribution in [0.25, 0.3) is 0 Å². The zero-order valence-electron chi connectivity index (χ0n) is 10.7. The van der Waals surface area contributed by atoms with Crippen LogP contribution < -0.4 is 10.1 Å². The molecular formula is C14H19ClN2O. The van der Waals surface area contributed by atoms with Crippen molar-refractivity contribution in [2.45, 2.75) is 32.3 Å². The molecule has 0 bridgehead atoms. The van der Waals surface area contributed by atoms with Crippen LogP contribution in [0.15, 0.2) is 12.1 Å². The number of rotatable bonds is 4. The molecule has 2 fully saturated rings. The summed E-state index contributed by atoms with van der Waals surface area (Å²) in [4.78, 5) is 4.26. The molecule has 0 aromatic carbocycles. The quantitative estimate of drug-likeness (QED) is 0.851. The SMILES string of the molecule is Cc1nc(Cl)ccc1OC(C1CC1)C1CCNC1. The van der Waals surface area contributed by atoms with Gasteiger partial charge in [0.25, 0.3) is 0 Å². The Hall–Kier alpha value is -0.800. The van der Waals surface area contributed by atoms with Gasteiger partial charge in [-0.3, -0.25) is 0 Å². The zero-order valence-corrected chi connectivity index (χ0v) is 11.4. The Morgan fingerprint density at radius 3 is 2.78 bits per heavy atom. The van der Waals surface area contributed by atoms with Crippen molar-refractivity contribution >= 4 is 11.6 Å². The van der Waals surface area contributed by atoms with Crippen molar-refractivity contribution in [3.63, 3.8) is 0 Å². The summed E-state index contributed by atoms with van der Waals surface area (Å²) < 4.78 is 6.25. The van der Waals surface area contributed by atoms with Crippen molar-refractivity contribution in [1.29, 1.82) is 0 Å². The van der Waals surface area contributed by atoms with Crippen molar-refractivity contribution in [3.05, 3.63) is 23.0 Å². The summed E-state index contributed by atoms with van der Waals surface area (Å²) in [7, 11) is 0. The van der Waals surface area contributed by atoms with E-state index in [1.165, 1.54) is 19.3 Å². The molecule has 0 radical (unpaired) electrons. The molecule has 2 heterocycles. The maximum atomic E-state index is 6.25. The van der Waals surface area contributed by atoms with Crippen molar-refractivity contribution < 1.29 is 4.74 Å². The average Bonchev–Trinajstić information content (AvgIpc) is 3.03. The van der Waals surface area contributed by atoms with Crippen molar-refractivity contribution in [2.24, 2.45) is 11.8 Å².